The smallest absolute Gasteiger partial charge is 0.322 e. The molecule has 5 rings (SSSR count). The summed E-state index contributed by atoms with van der Waals surface area (Å²) >= 11 is 0. The Kier molecular flexibility index (Phi) is 4.08. The molecule has 0 spiro atoms. The maximum Gasteiger partial charge on any atom is 0.322 e. The number of amides is 3. The van der Waals surface area contributed by atoms with Gasteiger partial charge in [0.2, 0.25) is 0 Å². The van der Waals surface area contributed by atoms with Crippen LogP contribution in [-0.4, -0.2) is 56.6 Å². The second-order valence-electron chi connectivity index (χ2n) is 7.36. The summed E-state index contributed by atoms with van der Waals surface area (Å²) in [7, 11) is 0. The summed E-state index contributed by atoms with van der Waals surface area (Å²) in [6.07, 6.45) is 4.20. The van der Waals surface area contributed by atoms with Crippen molar-refractivity contribution in [2.45, 2.75) is 19.9 Å². The Hall–Kier alpha value is -3.62. The first-order chi connectivity index (χ1) is 14.1. The average molecular weight is 391 g/mol. The molecule has 0 atom stereocenters. The van der Waals surface area contributed by atoms with Gasteiger partial charge in [-0.2, -0.15) is 5.10 Å². The molecule has 0 unspecified atom stereocenters. The fourth-order valence-corrected chi connectivity index (χ4v) is 3.90. The quantitative estimate of drug-likeness (QED) is 0.633. The van der Waals surface area contributed by atoms with E-state index in [1.807, 2.05) is 30.0 Å². The van der Waals surface area contributed by atoms with Crippen LogP contribution in [-0.2, 0) is 13.0 Å². The van der Waals surface area contributed by atoms with Gasteiger partial charge >= 0.3 is 6.03 Å². The van der Waals surface area contributed by atoms with Crippen LogP contribution in [0.2, 0.25) is 0 Å². The summed E-state index contributed by atoms with van der Waals surface area (Å²) in [4.78, 5) is 36.7. The van der Waals surface area contributed by atoms with Crippen LogP contribution in [0.1, 0.15) is 27.3 Å². The van der Waals surface area contributed by atoms with Gasteiger partial charge in [0, 0.05) is 43.5 Å². The van der Waals surface area contributed by atoms with E-state index in [-0.39, 0.29) is 11.9 Å². The van der Waals surface area contributed by atoms with E-state index < -0.39 is 0 Å². The van der Waals surface area contributed by atoms with Gasteiger partial charge in [-0.05, 0) is 24.6 Å². The minimum Gasteiger partial charge on any atom is -0.340 e. The van der Waals surface area contributed by atoms with Crippen molar-refractivity contribution in [1.29, 1.82) is 0 Å². The number of nitrogens with one attached hydrogen (secondary N) is 3. The molecule has 3 amide bonds. The Balaban J connectivity index is 1.38. The lowest BCUT2D eigenvalue weighted by molar-refractivity contribution is 0.0732. The second kappa shape index (κ2) is 6.77. The summed E-state index contributed by atoms with van der Waals surface area (Å²) in [6.45, 7) is 4.26. The Morgan fingerprint density at radius 2 is 2.14 bits per heavy atom. The number of carbonyl (C=O) groups excluding carboxylic acids is 2. The third kappa shape index (κ3) is 3.04. The van der Waals surface area contributed by atoms with Crippen LogP contribution in [0, 0.1) is 6.92 Å². The van der Waals surface area contributed by atoms with Crippen molar-refractivity contribution in [2.24, 2.45) is 0 Å². The van der Waals surface area contributed by atoms with Crippen LogP contribution in [0.5, 0.6) is 0 Å². The first-order valence-corrected chi connectivity index (χ1v) is 9.62. The molecule has 9 heteroatoms. The molecule has 4 heterocycles. The number of hydrogen-bond donors (Lipinski definition) is 3. The third-order valence-corrected chi connectivity index (χ3v) is 5.49. The molecule has 1 saturated heterocycles. The number of rotatable bonds is 3. The van der Waals surface area contributed by atoms with E-state index in [1.54, 1.807) is 17.3 Å². The number of benzene rings is 1. The summed E-state index contributed by atoms with van der Waals surface area (Å²) in [5.41, 5.74) is 5.17. The van der Waals surface area contributed by atoms with Crippen LogP contribution in [0.25, 0.3) is 11.4 Å². The Labute approximate surface area is 167 Å². The van der Waals surface area contributed by atoms with E-state index in [1.165, 1.54) is 0 Å². The molecule has 0 saturated carbocycles. The predicted molar refractivity (Wildman–Crippen MR) is 107 cm³/mol. The molecule has 2 aromatic heterocycles. The molecule has 3 aromatic rings. The molecule has 2 aliphatic heterocycles. The van der Waals surface area contributed by atoms with E-state index in [2.05, 4.69) is 25.5 Å². The highest BCUT2D eigenvalue weighted by atomic mass is 16.2. The fourth-order valence-electron chi connectivity index (χ4n) is 3.90. The van der Waals surface area contributed by atoms with E-state index in [4.69, 9.17) is 0 Å². The number of aromatic amines is 2. The van der Waals surface area contributed by atoms with E-state index >= 15 is 0 Å². The molecular formula is C20H21N7O2. The van der Waals surface area contributed by atoms with Gasteiger partial charge in [0.05, 0.1) is 29.7 Å². The molecule has 0 bridgehead atoms. The van der Waals surface area contributed by atoms with Crippen LogP contribution in [0.4, 0.5) is 10.5 Å². The van der Waals surface area contributed by atoms with Crippen molar-refractivity contribution >= 4 is 17.6 Å². The van der Waals surface area contributed by atoms with Gasteiger partial charge in [0.1, 0.15) is 5.82 Å². The predicted octanol–water partition coefficient (Wildman–Crippen LogP) is 1.84. The molecule has 0 aliphatic carbocycles. The normalized spacial score (nSPS) is 16.1. The zero-order valence-corrected chi connectivity index (χ0v) is 16.0. The molecule has 148 valence electrons. The highest BCUT2D eigenvalue weighted by Crippen LogP contribution is 2.26. The Bertz CT molecular complexity index is 1090. The third-order valence-electron chi connectivity index (χ3n) is 5.49. The molecule has 2 aliphatic rings. The summed E-state index contributed by atoms with van der Waals surface area (Å²) < 4.78 is 0. The summed E-state index contributed by atoms with van der Waals surface area (Å²) in [5.74, 6) is 0.715. The lowest BCUT2D eigenvalue weighted by Crippen LogP contribution is -2.36. The molecule has 3 N–H and O–H groups in total. The van der Waals surface area contributed by atoms with Gasteiger partial charge in [-0.1, -0.05) is 6.07 Å². The van der Waals surface area contributed by atoms with Crippen LogP contribution in [0.15, 0.2) is 30.6 Å². The number of urea groups is 1. The standard InChI is InChI=1S/C20H21N7O2/c1-12-2-3-13(8-17(12)27-7-5-21-20(27)29)19(28)26-6-4-15-16(11-26)25-18(24-15)14-9-22-23-10-14/h2-3,8-10H,4-7,11H2,1H3,(H,21,29)(H,22,23)(H,24,25). The fraction of sp³-hybridized carbons (Fsp3) is 0.300. The zero-order valence-electron chi connectivity index (χ0n) is 16.0. The Morgan fingerprint density at radius 3 is 2.90 bits per heavy atom. The monoisotopic (exact) mass is 391 g/mol. The Morgan fingerprint density at radius 1 is 1.24 bits per heavy atom. The second-order valence-corrected chi connectivity index (χ2v) is 7.36. The van der Waals surface area contributed by atoms with Gasteiger partial charge in [0.15, 0.2) is 0 Å². The molecular weight excluding hydrogens is 370 g/mol. The lowest BCUT2D eigenvalue weighted by Gasteiger charge is -2.27. The summed E-state index contributed by atoms with van der Waals surface area (Å²) in [6, 6.07) is 5.43. The van der Waals surface area contributed by atoms with E-state index in [9.17, 15) is 9.59 Å². The van der Waals surface area contributed by atoms with E-state index in [0.29, 0.717) is 38.2 Å². The van der Waals surface area contributed by atoms with Crippen molar-refractivity contribution in [3.8, 4) is 11.4 Å². The number of hydrogen-bond acceptors (Lipinski definition) is 4. The summed E-state index contributed by atoms with van der Waals surface area (Å²) in [5, 5.41) is 9.55. The van der Waals surface area contributed by atoms with Crippen LogP contribution < -0.4 is 10.2 Å². The van der Waals surface area contributed by atoms with Gasteiger partial charge in [-0.3, -0.25) is 14.8 Å². The van der Waals surface area contributed by atoms with Crippen molar-refractivity contribution in [1.82, 2.24) is 30.4 Å². The van der Waals surface area contributed by atoms with Crippen LogP contribution in [0.3, 0.4) is 0 Å². The minimum atomic E-state index is -0.121. The largest absolute Gasteiger partial charge is 0.340 e. The van der Waals surface area contributed by atoms with E-state index in [0.717, 1.165) is 34.0 Å². The number of aromatic nitrogens is 4. The van der Waals surface area contributed by atoms with Gasteiger partial charge < -0.3 is 15.2 Å². The van der Waals surface area contributed by atoms with Crippen molar-refractivity contribution in [2.75, 3.05) is 24.5 Å². The highest BCUT2D eigenvalue weighted by molar-refractivity contribution is 5.99. The zero-order chi connectivity index (χ0) is 20.0. The topological polar surface area (TPSA) is 110 Å². The molecule has 9 nitrogen and oxygen atoms in total. The van der Waals surface area contributed by atoms with Crippen molar-refractivity contribution < 1.29 is 9.59 Å². The van der Waals surface area contributed by atoms with Crippen LogP contribution >= 0.6 is 0 Å². The molecule has 29 heavy (non-hydrogen) atoms. The molecule has 0 radical (unpaired) electrons. The minimum absolute atomic E-state index is 0.0454. The first kappa shape index (κ1) is 17.5. The lowest BCUT2D eigenvalue weighted by atomic mass is 10.1. The van der Waals surface area contributed by atoms with Gasteiger partial charge in [0.25, 0.3) is 5.91 Å². The number of carbonyl (C=O) groups is 2. The van der Waals surface area contributed by atoms with Crippen molar-refractivity contribution in [3.63, 3.8) is 0 Å². The maximum absolute atomic E-state index is 13.2. The first-order valence-electron chi connectivity index (χ1n) is 9.62. The number of H-pyrrole nitrogens is 2. The number of nitrogens with zero attached hydrogens (tertiary/aromatic N) is 4. The number of fused-ring (bicyclic) bond motifs is 1. The SMILES string of the molecule is Cc1ccc(C(=O)N2CCc3nc(-c4cn[nH]c4)[nH]c3C2)cc1N1CCNC1=O. The molecule has 1 aromatic carbocycles. The van der Waals surface area contributed by atoms with Gasteiger partial charge in [-0.25, -0.2) is 9.78 Å². The number of anilines is 1. The number of aryl methyl sites for hydroxylation is 1. The van der Waals surface area contributed by atoms with Gasteiger partial charge in [-0.15, -0.1) is 0 Å². The number of imidazole rings is 1. The molecule has 1 fully saturated rings. The average Bonchev–Trinajstić information content (AvgIpc) is 3.47. The maximum atomic E-state index is 13.2. The highest BCUT2D eigenvalue weighted by Gasteiger charge is 2.27. The van der Waals surface area contributed by atoms with Crippen molar-refractivity contribution in [3.05, 3.63) is 53.1 Å².